The molecule has 0 fully saturated rings. The molecule has 1 amide bonds. The number of rotatable bonds is 3. The number of nitrogens with one attached hydrogen (secondary N) is 1. The smallest absolute Gasteiger partial charge is 0.256 e. The molecule has 0 spiro atoms. The van der Waals surface area contributed by atoms with E-state index in [2.05, 4.69) is 49.5 Å². The van der Waals surface area contributed by atoms with Gasteiger partial charge in [-0.3, -0.25) is 9.59 Å². The summed E-state index contributed by atoms with van der Waals surface area (Å²) in [7, 11) is 0. The van der Waals surface area contributed by atoms with Gasteiger partial charge < -0.3 is 11.1 Å². The van der Waals surface area contributed by atoms with Crippen LogP contribution in [0.4, 0.5) is 11.4 Å². The number of aldehydes is 1. The van der Waals surface area contributed by atoms with Gasteiger partial charge in [0, 0.05) is 22.5 Å². The Labute approximate surface area is 245 Å². The van der Waals surface area contributed by atoms with Crippen LogP contribution >= 0.6 is 0 Å². The molecule has 0 bridgehead atoms. The molecule has 0 aliphatic heterocycles. The zero-order valence-electron chi connectivity index (χ0n) is 24.2. The molecule has 0 unspecified atom stereocenters. The highest BCUT2D eigenvalue weighted by Gasteiger charge is 2.20. The van der Waals surface area contributed by atoms with Crippen LogP contribution in [0.2, 0.25) is 0 Å². The molecule has 7 aromatic rings. The first-order chi connectivity index (χ1) is 20.3. The number of nitrogens with two attached hydrogens (primary N) is 1. The van der Waals surface area contributed by atoms with Crippen LogP contribution < -0.4 is 11.1 Å². The van der Waals surface area contributed by atoms with E-state index in [1.165, 1.54) is 5.56 Å². The Morgan fingerprint density at radius 2 is 1.05 bits per heavy atom. The van der Waals surface area contributed by atoms with Crippen molar-refractivity contribution in [2.75, 3.05) is 11.1 Å². The lowest BCUT2D eigenvalue weighted by Crippen LogP contribution is -2.13. The summed E-state index contributed by atoms with van der Waals surface area (Å²) in [5.74, 6) is -0.119. The summed E-state index contributed by atoms with van der Waals surface area (Å²) in [5, 5.41) is 11.6. The van der Waals surface area contributed by atoms with Crippen molar-refractivity contribution in [1.82, 2.24) is 0 Å². The zero-order valence-corrected chi connectivity index (χ0v) is 24.2. The quantitative estimate of drug-likeness (QED) is 0.100. The Balaban J connectivity index is 0.000000343. The number of carbonyl (C=O) groups is 2. The van der Waals surface area contributed by atoms with E-state index in [1.54, 1.807) is 0 Å². The van der Waals surface area contributed by atoms with Gasteiger partial charge in [-0.2, -0.15) is 0 Å². The van der Waals surface area contributed by atoms with Crippen LogP contribution in [0.15, 0.2) is 97.1 Å². The molecule has 4 heteroatoms. The highest BCUT2D eigenvalue weighted by Crippen LogP contribution is 2.43. The van der Waals surface area contributed by atoms with Crippen molar-refractivity contribution >= 4 is 66.7 Å². The molecule has 0 aliphatic rings. The molecule has 0 saturated carbocycles. The Morgan fingerprint density at radius 1 is 0.571 bits per heavy atom. The van der Waals surface area contributed by atoms with Crippen molar-refractivity contribution in [2.24, 2.45) is 0 Å². The van der Waals surface area contributed by atoms with Gasteiger partial charge in [0.15, 0.2) is 6.29 Å². The number of hydrogen-bond donors (Lipinski definition) is 2. The van der Waals surface area contributed by atoms with Gasteiger partial charge in [0.1, 0.15) is 0 Å². The Bertz CT molecular complexity index is 2080. The molecule has 7 aromatic carbocycles. The van der Waals surface area contributed by atoms with E-state index in [4.69, 9.17) is 5.73 Å². The fourth-order valence-electron chi connectivity index (χ4n) is 5.95. The van der Waals surface area contributed by atoms with Gasteiger partial charge in [-0.15, -0.1) is 0 Å². The summed E-state index contributed by atoms with van der Waals surface area (Å²) < 4.78 is 0. The Kier molecular flexibility index (Phi) is 6.83. The molecule has 0 aromatic heterocycles. The molecule has 206 valence electrons. The average Bonchev–Trinajstić information content (AvgIpc) is 3.00. The third-order valence-corrected chi connectivity index (χ3v) is 8.11. The van der Waals surface area contributed by atoms with Crippen LogP contribution in [0.3, 0.4) is 0 Å². The number of fused-ring (bicyclic) bond motifs is 2. The van der Waals surface area contributed by atoms with E-state index in [1.807, 2.05) is 80.6 Å². The minimum absolute atomic E-state index is 0.119. The van der Waals surface area contributed by atoms with Crippen LogP contribution in [0, 0.1) is 27.7 Å². The van der Waals surface area contributed by atoms with Crippen LogP contribution in [-0.4, -0.2) is 12.2 Å². The Morgan fingerprint density at radius 3 is 1.60 bits per heavy atom. The van der Waals surface area contributed by atoms with Crippen LogP contribution in [0.25, 0.3) is 43.1 Å². The van der Waals surface area contributed by atoms with Crippen molar-refractivity contribution in [3.8, 4) is 0 Å². The van der Waals surface area contributed by atoms with Crippen LogP contribution in [0.5, 0.6) is 0 Å². The number of aryl methyl sites for hydroxylation is 4. The number of carbonyl (C=O) groups excluding carboxylic acids is 2. The monoisotopic (exact) mass is 548 g/mol. The fraction of sp³-hybridized carbons (Fsp3) is 0.105. The molecule has 3 N–H and O–H groups in total. The topological polar surface area (TPSA) is 72.2 Å². The van der Waals surface area contributed by atoms with Gasteiger partial charge in [-0.1, -0.05) is 77.9 Å². The van der Waals surface area contributed by atoms with E-state index in [0.717, 1.165) is 77.4 Å². The normalized spacial score (nSPS) is 11.1. The van der Waals surface area contributed by atoms with Gasteiger partial charge in [0.05, 0.1) is 0 Å². The summed E-state index contributed by atoms with van der Waals surface area (Å²) in [6.07, 6.45) is 0.939. The van der Waals surface area contributed by atoms with E-state index >= 15 is 0 Å². The maximum absolute atomic E-state index is 13.4. The second kappa shape index (κ2) is 10.6. The van der Waals surface area contributed by atoms with Crippen LogP contribution in [-0.2, 0) is 0 Å². The Hall–Kier alpha value is -5.22. The molecule has 42 heavy (non-hydrogen) atoms. The van der Waals surface area contributed by atoms with Gasteiger partial charge in [-0.25, -0.2) is 0 Å². The SMILES string of the molecule is Cc1ccc(N)cc1.Cc1ccc(NC(=O)c2ccc3c4ccc(C)c5c(C=O)ccc(c6ccc(C)c2c63)c54)cc1. The van der Waals surface area contributed by atoms with E-state index in [9.17, 15) is 9.59 Å². The van der Waals surface area contributed by atoms with E-state index in [0.29, 0.717) is 11.1 Å². The van der Waals surface area contributed by atoms with E-state index in [-0.39, 0.29) is 5.91 Å². The first-order valence-electron chi connectivity index (χ1n) is 14.1. The van der Waals surface area contributed by atoms with Crippen molar-refractivity contribution in [3.63, 3.8) is 0 Å². The van der Waals surface area contributed by atoms with Gasteiger partial charge in [0.2, 0.25) is 0 Å². The summed E-state index contributed by atoms with van der Waals surface area (Å²) >= 11 is 0. The van der Waals surface area contributed by atoms with Crippen LogP contribution in [0.1, 0.15) is 43.0 Å². The minimum atomic E-state index is -0.119. The van der Waals surface area contributed by atoms with Crippen molar-refractivity contribution < 1.29 is 9.59 Å². The third-order valence-electron chi connectivity index (χ3n) is 8.11. The predicted octanol–water partition coefficient (Wildman–Crippen LogP) is 9.30. The molecule has 7 rings (SSSR count). The average molecular weight is 549 g/mol. The maximum Gasteiger partial charge on any atom is 0.256 e. The lowest BCUT2D eigenvalue weighted by Gasteiger charge is -2.19. The maximum atomic E-state index is 13.4. The number of amides is 1. The molecular weight excluding hydrogens is 516 g/mol. The summed E-state index contributed by atoms with van der Waals surface area (Å²) in [6, 6.07) is 32.0. The summed E-state index contributed by atoms with van der Waals surface area (Å²) in [5.41, 5.74) is 13.0. The summed E-state index contributed by atoms with van der Waals surface area (Å²) in [6.45, 7) is 8.18. The first kappa shape index (κ1) is 27.0. The molecular formula is C38H32N2O2. The molecule has 0 radical (unpaired) electrons. The number of nitrogen functional groups attached to an aromatic ring is 1. The van der Waals surface area contributed by atoms with Crippen molar-refractivity contribution in [3.05, 3.63) is 130 Å². The number of hydrogen-bond acceptors (Lipinski definition) is 3. The zero-order chi connectivity index (χ0) is 29.5. The highest BCUT2D eigenvalue weighted by atomic mass is 16.1. The second-order valence-electron chi connectivity index (χ2n) is 11.1. The standard InChI is InChI=1S/C31H23NO2.C7H9N/c1-17-4-9-21(10-5-17)32-31(34)26-15-14-25-22-11-6-18(2)27-20(16-33)8-13-24(29(22)27)23-12-7-19(3)28(26)30(23)25;1-6-2-4-7(8)5-3-6/h4-16H,1-3H3,(H,32,34);2-5H,8H2,1H3. The minimum Gasteiger partial charge on any atom is -0.399 e. The second-order valence-corrected chi connectivity index (χ2v) is 11.1. The van der Waals surface area contributed by atoms with Crippen molar-refractivity contribution in [2.45, 2.75) is 27.7 Å². The fourth-order valence-corrected chi connectivity index (χ4v) is 5.95. The molecule has 0 saturated heterocycles. The van der Waals surface area contributed by atoms with Gasteiger partial charge in [-0.05, 0) is 112 Å². The third kappa shape index (κ3) is 4.61. The highest BCUT2D eigenvalue weighted by molar-refractivity contribution is 6.36. The van der Waals surface area contributed by atoms with Gasteiger partial charge in [0.25, 0.3) is 5.91 Å². The molecule has 0 heterocycles. The van der Waals surface area contributed by atoms with Crippen molar-refractivity contribution in [1.29, 1.82) is 0 Å². The largest absolute Gasteiger partial charge is 0.399 e. The van der Waals surface area contributed by atoms with E-state index < -0.39 is 0 Å². The first-order valence-corrected chi connectivity index (χ1v) is 14.1. The number of anilines is 2. The summed E-state index contributed by atoms with van der Waals surface area (Å²) in [4.78, 5) is 25.2. The molecule has 0 aliphatic carbocycles. The lowest BCUT2D eigenvalue weighted by atomic mass is 9.85. The van der Waals surface area contributed by atoms with Gasteiger partial charge >= 0.3 is 0 Å². The molecule has 4 nitrogen and oxygen atoms in total. The lowest BCUT2D eigenvalue weighted by molar-refractivity contribution is 0.102. The predicted molar refractivity (Wildman–Crippen MR) is 177 cm³/mol. The number of benzene rings is 7. The molecule has 0 atom stereocenters.